The summed E-state index contributed by atoms with van der Waals surface area (Å²) >= 11 is 1.67. The van der Waals surface area contributed by atoms with E-state index in [1.165, 1.54) is 11.1 Å². The fraction of sp³-hybridized carbons (Fsp3) is 0.296. The second-order valence-electron chi connectivity index (χ2n) is 8.98. The topological polar surface area (TPSA) is 66.3 Å². The Morgan fingerprint density at radius 1 is 1.00 bits per heavy atom. The number of anilines is 1. The van der Waals surface area contributed by atoms with Gasteiger partial charge in [0.1, 0.15) is 11.3 Å². The van der Waals surface area contributed by atoms with Crippen LogP contribution in [0.15, 0.2) is 65.7 Å². The van der Waals surface area contributed by atoms with Crippen LogP contribution in [-0.4, -0.2) is 62.8 Å². The molecule has 0 bridgehead atoms. The number of urea groups is 1. The number of imidazole rings is 1. The number of aromatic nitrogens is 3. The number of fused-ring (bicyclic) bond motifs is 1. The van der Waals surface area contributed by atoms with Crippen molar-refractivity contribution in [3.8, 4) is 5.69 Å². The minimum absolute atomic E-state index is 0.0467. The predicted molar refractivity (Wildman–Crippen MR) is 142 cm³/mol. The van der Waals surface area contributed by atoms with E-state index in [2.05, 4.69) is 51.8 Å². The molecule has 0 unspecified atom stereocenters. The standard InChI is InChI=1S/C27H30N6OS/c1-19-14-20(2)16-22(15-19)33-25(30-24-8-5-9-28-26(24)33)18-31-10-12-32(13-11-31)27(34)29-21-6-4-7-23(17-21)35-3/h4-9,14-17H,10-13,18H2,1-3H3,(H,29,34). The van der Waals surface area contributed by atoms with Crippen LogP contribution in [-0.2, 0) is 6.54 Å². The van der Waals surface area contributed by atoms with E-state index in [0.717, 1.165) is 46.3 Å². The van der Waals surface area contributed by atoms with Crippen molar-refractivity contribution in [3.05, 3.63) is 77.7 Å². The molecule has 0 radical (unpaired) electrons. The first-order valence-electron chi connectivity index (χ1n) is 11.8. The molecule has 1 fully saturated rings. The molecule has 0 atom stereocenters. The molecule has 5 rings (SSSR count). The Labute approximate surface area is 210 Å². The minimum atomic E-state index is -0.0467. The summed E-state index contributed by atoms with van der Waals surface area (Å²) in [6, 6.07) is 18.4. The first kappa shape index (κ1) is 23.4. The highest BCUT2D eigenvalue weighted by Gasteiger charge is 2.23. The Bertz CT molecular complexity index is 1340. The van der Waals surface area contributed by atoms with E-state index in [4.69, 9.17) is 4.98 Å². The smallest absolute Gasteiger partial charge is 0.321 e. The summed E-state index contributed by atoms with van der Waals surface area (Å²) < 4.78 is 2.17. The lowest BCUT2D eigenvalue weighted by molar-refractivity contribution is 0.140. The number of aryl methyl sites for hydroxylation is 2. The lowest BCUT2D eigenvalue weighted by Gasteiger charge is -2.34. The van der Waals surface area contributed by atoms with Crippen molar-refractivity contribution in [1.29, 1.82) is 0 Å². The number of pyridine rings is 1. The summed E-state index contributed by atoms with van der Waals surface area (Å²) in [7, 11) is 0. The first-order chi connectivity index (χ1) is 17.0. The second kappa shape index (κ2) is 10.1. The van der Waals surface area contributed by atoms with Crippen LogP contribution >= 0.6 is 11.8 Å². The van der Waals surface area contributed by atoms with Gasteiger partial charge in [0, 0.05) is 48.6 Å². The van der Waals surface area contributed by atoms with Gasteiger partial charge in [0.05, 0.1) is 6.54 Å². The van der Waals surface area contributed by atoms with Gasteiger partial charge in [0.25, 0.3) is 0 Å². The van der Waals surface area contributed by atoms with Crippen LogP contribution in [0.2, 0.25) is 0 Å². The highest BCUT2D eigenvalue weighted by atomic mass is 32.2. The Morgan fingerprint density at radius 3 is 2.51 bits per heavy atom. The van der Waals surface area contributed by atoms with Crippen LogP contribution in [0.5, 0.6) is 0 Å². The molecular formula is C27H30N6OS. The Morgan fingerprint density at radius 2 is 1.77 bits per heavy atom. The molecule has 0 spiro atoms. The molecule has 3 heterocycles. The van der Waals surface area contributed by atoms with Gasteiger partial charge in [-0.2, -0.15) is 0 Å². The van der Waals surface area contributed by atoms with Crippen molar-refractivity contribution in [2.24, 2.45) is 0 Å². The van der Waals surface area contributed by atoms with Gasteiger partial charge in [-0.25, -0.2) is 14.8 Å². The van der Waals surface area contributed by atoms with Gasteiger partial charge < -0.3 is 10.2 Å². The van der Waals surface area contributed by atoms with Crippen molar-refractivity contribution in [1.82, 2.24) is 24.3 Å². The van der Waals surface area contributed by atoms with E-state index in [9.17, 15) is 4.79 Å². The van der Waals surface area contributed by atoms with Crippen molar-refractivity contribution in [2.75, 3.05) is 37.8 Å². The molecule has 0 saturated carbocycles. The van der Waals surface area contributed by atoms with E-state index in [1.54, 1.807) is 11.8 Å². The zero-order valence-electron chi connectivity index (χ0n) is 20.4. The molecule has 1 N–H and O–H groups in total. The van der Waals surface area contributed by atoms with Crippen molar-refractivity contribution < 1.29 is 4.79 Å². The number of amides is 2. The van der Waals surface area contributed by atoms with Gasteiger partial charge in [-0.1, -0.05) is 12.1 Å². The van der Waals surface area contributed by atoms with Crippen LogP contribution in [0.25, 0.3) is 16.9 Å². The van der Waals surface area contributed by atoms with Gasteiger partial charge in [0.2, 0.25) is 0 Å². The van der Waals surface area contributed by atoms with Crippen molar-refractivity contribution in [2.45, 2.75) is 25.3 Å². The Hall–Kier alpha value is -3.36. The lowest BCUT2D eigenvalue weighted by Crippen LogP contribution is -2.49. The summed E-state index contributed by atoms with van der Waals surface area (Å²) in [5.41, 5.74) is 6.12. The zero-order valence-corrected chi connectivity index (χ0v) is 21.2. The molecule has 2 aromatic heterocycles. The van der Waals surface area contributed by atoms with E-state index in [1.807, 2.05) is 53.8 Å². The minimum Gasteiger partial charge on any atom is -0.322 e. The lowest BCUT2D eigenvalue weighted by atomic mass is 10.1. The molecule has 2 amide bonds. The fourth-order valence-electron chi connectivity index (χ4n) is 4.63. The summed E-state index contributed by atoms with van der Waals surface area (Å²) in [6.07, 6.45) is 3.85. The zero-order chi connectivity index (χ0) is 24.4. The number of thioether (sulfide) groups is 1. The van der Waals surface area contributed by atoms with Crippen LogP contribution in [0.3, 0.4) is 0 Å². The van der Waals surface area contributed by atoms with E-state index >= 15 is 0 Å². The highest BCUT2D eigenvalue weighted by Crippen LogP contribution is 2.24. The quantitative estimate of drug-likeness (QED) is 0.397. The number of hydrogen-bond donors (Lipinski definition) is 1. The maximum absolute atomic E-state index is 12.8. The van der Waals surface area contributed by atoms with Crippen LogP contribution in [0.1, 0.15) is 17.0 Å². The highest BCUT2D eigenvalue weighted by molar-refractivity contribution is 7.98. The van der Waals surface area contributed by atoms with Crippen LogP contribution < -0.4 is 5.32 Å². The van der Waals surface area contributed by atoms with Gasteiger partial charge in [-0.3, -0.25) is 9.47 Å². The number of hydrogen-bond acceptors (Lipinski definition) is 5. The second-order valence-corrected chi connectivity index (χ2v) is 9.86. The SMILES string of the molecule is CSc1cccc(NC(=O)N2CCN(Cc3nc4cccnc4n3-c3cc(C)cc(C)c3)CC2)c1. The fourth-order valence-corrected chi connectivity index (χ4v) is 5.09. The number of nitrogens with one attached hydrogen (secondary N) is 1. The number of benzene rings is 2. The third kappa shape index (κ3) is 5.18. The molecule has 180 valence electrons. The maximum atomic E-state index is 12.8. The number of carbonyl (C=O) groups excluding carboxylic acids is 1. The van der Waals surface area contributed by atoms with E-state index < -0.39 is 0 Å². The van der Waals surface area contributed by atoms with E-state index in [-0.39, 0.29) is 6.03 Å². The average Bonchev–Trinajstić information content (AvgIpc) is 3.21. The van der Waals surface area contributed by atoms with Crippen molar-refractivity contribution in [3.63, 3.8) is 0 Å². The maximum Gasteiger partial charge on any atom is 0.321 e. The molecule has 1 aliphatic rings. The van der Waals surface area contributed by atoms with Crippen molar-refractivity contribution >= 4 is 34.6 Å². The predicted octanol–water partition coefficient (Wildman–Crippen LogP) is 5.11. The van der Waals surface area contributed by atoms with Crippen LogP contribution in [0.4, 0.5) is 10.5 Å². The molecule has 7 nitrogen and oxygen atoms in total. The van der Waals surface area contributed by atoms with Gasteiger partial charge >= 0.3 is 6.03 Å². The summed E-state index contributed by atoms with van der Waals surface area (Å²) in [6.45, 7) is 7.87. The average molecular weight is 487 g/mol. The van der Waals surface area contributed by atoms with Crippen LogP contribution in [0, 0.1) is 13.8 Å². The molecule has 2 aromatic carbocycles. The number of rotatable bonds is 5. The number of piperazine rings is 1. The monoisotopic (exact) mass is 486 g/mol. The largest absolute Gasteiger partial charge is 0.322 e. The van der Waals surface area contributed by atoms with Gasteiger partial charge in [-0.15, -0.1) is 11.8 Å². The summed E-state index contributed by atoms with van der Waals surface area (Å²) in [4.78, 5) is 27.8. The number of carbonyl (C=O) groups is 1. The number of nitrogens with zero attached hydrogens (tertiary/aromatic N) is 5. The summed E-state index contributed by atoms with van der Waals surface area (Å²) in [5, 5.41) is 3.04. The molecule has 1 saturated heterocycles. The first-order valence-corrected chi connectivity index (χ1v) is 13.1. The van der Waals surface area contributed by atoms with E-state index in [0.29, 0.717) is 19.6 Å². The van der Waals surface area contributed by atoms with Gasteiger partial charge in [-0.05, 0) is 73.7 Å². The Kier molecular flexibility index (Phi) is 6.74. The molecule has 1 aliphatic heterocycles. The Balaban J connectivity index is 1.30. The van der Waals surface area contributed by atoms with Gasteiger partial charge in [0.15, 0.2) is 5.65 Å². The molecule has 4 aromatic rings. The third-order valence-corrected chi connectivity index (χ3v) is 7.02. The normalized spacial score (nSPS) is 14.4. The molecule has 35 heavy (non-hydrogen) atoms. The summed E-state index contributed by atoms with van der Waals surface area (Å²) in [5.74, 6) is 0.968. The molecular weight excluding hydrogens is 456 g/mol. The molecule has 8 heteroatoms. The molecule has 0 aliphatic carbocycles. The third-order valence-electron chi connectivity index (χ3n) is 6.30.